The van der Waals surface area contributed by atoms with Crippen LogP contribution in [0.4, 0.5) is 22.7 Å². The third-order valence-corrected chi connectivity index (χ3v) is 15.1. The monoisotopic (exact) mass is 935 g/mol. The molecule has 7 aromatic carbocycles. The second-order valence-corrected chi connectivity index (χ2v) is 23.9. The first-order valence-corrected chi connectivity index (χ1v) is 25.4. The number of hydrogen-bond acceptors (Lipinski definition) is 4. The van der Waals surface area contributed by atoms with Crippen LogP contribution in [0.1, 0.15) is 129 Å². The van der Waals surface area contributed by atoms with Crippen molar-refractivity contribution in [2.75, 3.05) is 16.5 Å². The molecule has 0 N–H and O–H groups in total. The molecule has 0 unspecified atom stereocenters. The second kappa shape index (κ2) is 17.3. The Balaban J connectivity index is 1.09. The van der Waals surface area contributed by atoms with E-state index in [1.165, 1.54) is 61.1 Å². The predicted octanol–water partition coefficient (Wildman–Crippen LogP) is 17.8. The van der Waals surface area contributed by atoms with Crippen molar-refractivity contribution in [2.24, 2.45) is 0 Å². The van der Waals surface area contributed by atoms with E-state index < -0.39 is 0 Å². The van der Waals surface area contributed by atoms with Crippen molar-refractivity contribution in [3.63, 3.8) is 0 Å². The summed E-state index contributed by atoms with van der Waals surface area (Å²) in [7, 11) is 0. The van der Waals surface area contributed by atoms with Crippen LogP contribution in [0.5, 0.6) is 11.5 Å². The molecule has 10 rings (SSSR count). The van der Waals surface area contributed by atoms with Gasteiger partial charge in [0.15, 0.2) is 0 Å². The third kappa shape index (κ3) is 8.79. The summed E-state index contributed by atoms with van der Waals surface area (Å²) in [6.45, 7) is 30.6. The molecule has 1 aliphatic heterocycles. The van der Waals surface area contributed by atoms with Crippen molar-refractivity contribution in [2.45, 2.75) is 117 Å². The van der Waals surface area contributed by atoms with Crippen molar-refractivity contribution in [3.05, 3.63) is 215 Å². The number of nitrogens with zero attached hydrogens (tertiary/aromatic N) is 4. The predicted molar refractivity (Wildman–Crippen MR) is 300 cm³/mol. The van der Waals surface area contributed by atoms with Gasteiger partial charge < -0.3 is 14.5 Å². The van der Waals surface area contributed by atoms with Gasteiger partial charge in [-0.25, -0.2) is 4.98 Å². The number of fused-ring (bicyclic) bond motifs is 4. The summed E-state index contributed by atoms with van der Waals surface area (Å²) >= 11 is 0. The molecule has 0 amide bonds. The number of anilines is 4. The zero-order valence-electron chi connectivity index (χ0n) is 44.1. The van der Waals surface area contributed by atoms with Gasteiger partial charge in [0.05, 0.1) is 22.4 Å². The van der Waals surface area contributed by atoms with E-state index in [0.29, 0.717) is 6.67 Å². The number of hydrogen-bond donors (Lipinski definition) is 0. The summed E-state index contributed by atoms with van der Waals surface area (Å²) in [6.07, 6.45) is 1.95. The minimum absolute atomic E-state index is 0.0282. The Morgan fingerprint density at radius 2 is 1.00 bits per heavy atom. The highest BCUT2D eigenvalue weighted by Gasteiger charge is 2.35. The first-order valence-electron chi connectivity index (χ1n) is 25.4. The standard InChI is InChI=1S/C66H70N4O/c1-62(2,3)46-31-32-57-58(38-46)69(51-36-48(65(10,11)44-23-16-14-17-24-44)35-49(37-51)66(12,13)45-25-18-15-19-26-45)43-68(57)50-27-22-28-52(40-50)71-53-41-55(64(7,8)9)61-54-29-20-21-30-56(54)70(59(61)42-53)60-39-47(33-34-67-60)63(4,5)6/h14-42H,43H2,1-13H3. The summed E-state index contributed by atoms with van der Waals surface area (Å²) in [5, 5.41) is 2.44. The number of ether oxygens (including phenoxy) is 1. The Kier molecular flexibility index (Phi) is 11.6. The number of aromatic nitrogens is 2. The number of benzene rings is 7. The summed E-state index contributed by atoms with van der Waals surface area (Å²) in [4.78, 5) is 9.97. The molecule has 71 heavy (non-hydrogen) atoms. The normalized spacial score (nSPS) is 13.6. The van der Waals surface area contributed by atoms with E-state index >= 15 is 0 Å². The summed E-state index contributed by atoms with van der Waals surface area (Å²) in [6, 6.07) is 62.4. The van der Waals surface area contributed by atoms with Gasteiger partial charge in [0.25, 0.3) is 0 Å². The molecule has 0 atom stereocenters. The molecule has 5 heteroatoms. The fourth-order valence-corrected chi connectivity index (χ4v) is 10.5. The second-order valence-electron chi connectivity index (χ2n) is 23.9. The first kappa shape index (κ1) is 47.6. The maximum Gasteiger partial charge on any atom is 0.137 e. The lowest BCUT2D eigenvalue weighted by Gasteiger charge is -2.33. The van der Waals surface area contributed by atoms with Crippen molar-refractivity contribution in [1.82, 2.24) is 9.55 Å². The highest BCUT2D eigenvalue weighted by molar-refractivity contribution is 6.11. The van der Waals surface area contributed by atoms with E-state index in [-0.39, 0.29) is 27.1 Å². The maximum absolute atomic E-state index is 7.07. The molecule has 5 nitrogen and oxygen atoms in total. The lowest BCUT2D eigenvalue weighted by Crippen LogP contribution is -2.27. The number of para-hydroxylation sites is 1. The SMILES string of the molecule is CC(C)(C)c1ccnc(-n2c3ccccc3c3c(C(C)(C)C)cc(Oc4cccc(N5CN(c6cc(C(C)(C)c7ccccc7)cc(C(C)(C)c7ccccc7)c6)c6cc(C(C)(C)C)ccc65)c4)cc32)c1. The van der Waals surface area contributed by atoms with Crippen LogP contribution in [0, 0.1) is 0 Å². The molecule has 0 spiro atoms. The molecule has 0 bridgehead atoms. The lowest BCUT2D eigenvalue weighted by molar-refractivity contribution is 0.480. The molecule has 2 aromatic heterocycles. The Hall–Kier alpha value is -7.11. The quantitative estimate of drug-likeness (QED) is 0.144. The fraction of sp³-hybridized carbons (Fsp3) is 0.288. The maximum atomic E-state index is 7.07. The molecule has 0 saturated heterocycles. The van der Waals surface area contributed by atoms with Crippen LogP contribution < -0.4 is 14.5 Å². The van der Waals surface area contributed by atoms with E-state index in [4.69, 9.17) is 9.72 Å². The van der Waals surface area contributed by atoms with E-state index in [1.807, 2.05) is 6.20 Å². The first-order chi connectivity index (χ1) is 33.6. The fourth-order valence-electron chi connectivity index (χ4n) is 10.5. The molecule has 360 valence electrons. The Bertz CT molecular complexity index is 3360. The van der Waals surface area contributed by atoms with Gasteiger partial charge >= 0.3 is 0 Å². The summed E-state index contributed by atoms with van der Waals surface area (Å²) in [5.41, 5.74) is 15.0. The van der Waals surface area contributed by atoms with E-state index in [1.54, 1.807) is 0 Å². The van der Waals surface area contributed by atoms with Gasteiger partial charge in [-0.2, -0.15) is 0 Å². The van der Waals surface area contributed by atoms with Crippen LogP contribution in [0.25, 0.3) is 27.6 Å². The van der Waals surface area contributed by atoms with E-state index in [0.717, 1.165) is 39.7 Å². The molecule has 0 fully saturated rings. The Morgan fingerprint density at radius 3 is 1.62 bits per heavy atom. The molecular weight excluding hydrogens is 865 g/mol. The number of pyridine rings is 1. The van der Waals surface area contributed by atoms with Crippen LogP contribution in [-0.2, 0) is 27.1 Å². The average Bonchev–Trinajstić information content (AvgIpc) is 3.89. The zero-order chi connectivity index (χ0) is 50.3. The molecule has 0 radical (unpaired) electrons. The highest BCUT2D eigenvalue weighted by Crippen LogP contribution is 2.50. The van der Waals surface area contributed by atoms with Crippen LogP contribution in [0.15, 0.2) is 176 Å². The molecule has 1 aliphatic rings. The molecule has 3 heterocycles. The van der Waals surface area contributed by atoms with Gasteiger partial charge in [-0.1, -0.05) is 187 Å². The molecule has 0 aliphatic carbocycles. The van der Waals surface area contributed by atoms with Gasteiger partial charge in [0.2, 0.25) is 0 Å². The highest BCUT2D eigenvalue weighted by atomic mass is 16.5. The van der Waals surface area contributed by atoms with Crippen molar-refractivity contribution in [3.8, 4) is 17.3 Å². The molecular formula is C66H70N4O. The third-order valence-electron chi connectivity index (χ3n) is 15.1. The molecule has 9 aromatic rings. The van der Waals surface area contributed by atoms with Crippen LogP contribution in [0.2, 0.25) is 0 Å². The van der Waals surface area contributed by atoms with E-state index in [9.17, 15) is 0 Å². The van der Waals surface area contributed by atoms with Crippen LogP contribution >= 0.6 is 0 Å². The molecule has 0 saturated carbocycles. The summed E-state index contributed by atoms with van der Waals surface area (Å²) in [5.74, 6) is 2.47. The number of rotatable bonds is 9. The Morgan fingerprint density at radius 1 is 0.408 bits per heavy atom. The Labute approximate surface area is 422 Å². The van der Waals surface area contributed by atoms with Gasteiger partial charge in [0, 0.05) is 51.3 Å². The smallest absolute Gasteiger partial charge is 0.137 e. The summed E-state index contributed by atoms with van der Waals surface area (Å²) < 4.78 is 9.39. The van der Waals surface area contributed by atoms with Gasteiger partial charge in [-0.3, -0.25) is 4.57 Å². The van der Waals surface area contributed by atoms with Crippen molar-refractivity contribution < 1.29 is 4.74 Å². The van der Waals surface area contributed by atoms with Crippen LogP contribution in [-0.4, -0.2) is 16.2 Å². The minimum atomic E-state index is -0.253. The van der Waals surface area contributed by atoms with Gasteiger partial charge in [0.1, 0.15) is 24.0 Å². The van der Waals surface area contributed by atoms with Gasteiger partial charge in [-0.05, 0) is 116 Å². The van der Waals surface area contributed by atoms with Crippen molar-refractivity contribution >= 4 is 44.6 Å². The van der Waals surface area contributed by atoms with E-state index in [2.05, 4.69) is 274 Å². The zero-order valence-corrected chi connectivity index (χ0v) is 44.1. The topological polar surface area (TPSA) is 33.5 Å². The largest absolute Gasteiger partial charge is 0.457 e. The van der Waals surface area contributed by atoms with Gasteiger partial charge in [-0.15, -0.1) is 0 Å². The minimum Gasteiger partial charge on any atom is -0.457 e. The average molecular weight is 935 g/mol. The van der Waals surface area contributed by atoms with Crippen molar-refractivity contribution in [1.29, 1.82) is 0 Å². The van der Waals surface area contributed by atoms with Crippen LogP contribution in [0.3, 0.4) is 0 Å². The lowest BCUT2D eigenvalue weighted by atomic mass is 9.73.